The molecular formula is C13H17NO. The van der Waals surface area contributed by atoms with Crippen molar-refractivity contribution in [2.75, 3.05) is 20.2 Å². The van der Waals surface area contributed by atoms with E-state index < -0.39 is 6.50 Å². The molecule has 0 aromatic heterocycles. The van der Waals surface area contributed by atoms with E-state index in [4.69, 9.17) is 9.16 Å². The van der Waals surface area contributed by atoms with Crippen molar-refractivity contribution in [3.05, 3.63) is 35.9 Å². The Morgan fingerprint density at radius 3 is 2.73 bits per heavy atom. The average molecular weight is 205 g/mol. The molecule has 1 atom stereocenters. The Bertz CT molecular complexity index is 386. The highest BCUT2D eigenvalue weighted by Crippen LogP contribution is 2.06. The Morgan fingerprint density at radius 2 is 2.20 bits per heavy atom. The van der Waals surface area contributed by atoms with Crippen molar-refractivity contribution >= 4 is 0 Å². The summed E-state index contributed by atoms with van der Waals surface area (Å²) >= 11 is 0. The van der Waals surface area contributed by atoms with Crippen molar-refractivity contribution in [1.29, 1.82) is 0 Å². The predicted molar refractivity (Wildman–Crippen MR) is 62.5 cm³/mol. The van der Waals surface area contributed by atoms with Gasteiger partial charge in [-0.05, 0) is 19.0 Å². The lowest BCUT2D eigenvalue weighted by molar-refractivity contribution is 0.158. The number of hydrogen-bond donors (Lipinski definition) is 1. The zero-order chi connectivity index (χ0) is 12.9. The SMILES string of the molecule is [2H]C([2H])(C#C)N(C)[C@H](CO)Cc1ccccc1. The first-order valence-electron chi connectivity index (χ1n) is 5.86. The minimum atomic E-state index is -1.85. The van der Waals surface area contributed by atoms with Gasteiger partial charge >= 0.3 is 0 Å². The van der Waals surface area contributed by atoms with Crippen LogP contribution in [0.25, 0.3) is 0 Å². The van der Waals surface area contributed by atoms with Crippen LogP contribution in [0.3, 0.4) is 0 Å². The number of likely N-dealkylation sites (N-methyl/N-ethyl adjacent to an activating group) is 1. The highest BCUT2D eigenvalue weighted by molar-refractivity contribution is 5.16. The Morgan fingerprint density at radius 1 is 1.53 bits per heavy atom. The van der Waals surface area contributed by atoms with E-state index in [1.807, 2.05) is 30.3 Å². The van der Waals surface area contributed by atoms with Gasteiger partial charge in [0, 0.05) is 6.04 Å². The molecular weight excluding hydrogens is 186 g/mol. The van der Waals surface area contributed by atoms with Gasteiger partial charge in [0.2, 0.25) is 0 Å². The van der Waals surface area contributed by atoms with E-state index in [0.717, 1.165) is 5.56 Å². The van der Waals surface area contributed by atoms with Crippen molar-refractivity contribution in [2.45, 2.75) is 12.5 Å². The van der Waals surface area contributed by atoms with Crippen LogP contribution in [0.2, 0.25) is 0 Å². The van der Waals surface area contributed by atoms with Crippen LogP contribution in [-0.2, 0) is 6.42 Å². The van der Waals surface area contributed by atoms with Crippen LogP contribution in [0.5, 0.6) is 0 Å². The van der Waals surface area contributed by atoms with Gasteiger partial charge in [0.05, 0.1) is 15.8 Å². The molecule has 0 fully saturated rings. The highest BCUT2D eigenvalue weighted by Gasteiger charge is 2.12. The van der Waals surface area contributed by atoms with E-state index in [1.54, 1.807) is 7.05 Å². The molecule has 0 unspecified atom stereocenters. The Hall–Kier alpha value is -1.30. The van der Waals surface area contributed by atoms with Gasteiger partial charge < -0.3 is 5.11 Å². The predicted octanol–water partition coefficient (Wildman–Crippen LogP) is 1.16. The van der Waals surface area contributed by atoms with Crippen LogP contribution in [0.1, 0.15) is 8.30 Å². The molecule has 15 heavy (non-hydrogen) atoms. The fourth-order valence-corrected chi connectivity index (χ4v) is 1.40. The second-order valence-electron chi connectivity index (χ2n) is 3.39. The van der Waals surface area contributed by atoms with Gasteiger partial charge in [-0.3, -0.25) is 4.90 Å². The van der Waals surface area contributed by atoms with Gasteiger partial charge in [-0.2, -0.15) is 0 Å². The molecule has 0 aliphatic heterocycles. The van der Waals surface area contributed by atoms with Crippen molar-refractivity contribution in [2.24, 2.45) is 0 Å². The normalized spacial score (nSPS) is 15.3. The molecule has 0 radical (unpaired) electrons. The maximum atomic E-state index is 9.34. The Balaban J connectivity index is 2.77. The second-order valence-corrected chi connectivity index (χ2v) is 3.39. The molecule has 0 saturated heterocycles. The minimum absolute atomic E-state index is 0.132. The molecule has 0 aliphatic carbocycles. The number of nitrogens with zero attached hydrogens (tertiary/aromatic N) is 1. The summed E-state index contributed by atoms with van der Waals surface area (Å²) in [6, 6.07) is 9.31. The third kappa shape index (κ3) is 3.75. The van der Waals surface area contributed by atoms with E-state index in [2.05, 4.69) is 5.92 Å². The molecule has 80 valence electrons. The summed E-state index contributed by atoms with van der Waals surface area (Å²) in [5.74, 6) is 2.09. The van der Waals surface area contributed by atoms with E-state index in [0.29, 0.717) is 6.42 Å². The molecule has 1 aromatic carbocycles. The monoisotopic (exact) mass is 205 g/mol. The standard InChI is InChI=1S/C13H17NO/c1-3-9-14(2)13(11-15)10-12-7-5-4-6-8-12/h1,4-8,13,15H,9-11H2,2H3/t13-/m0/s1/i9D2. The van der Waals surface area contributed by atoms with Crippen LogP contribution in [0.15, 0.2) is 30.3 Å². The van der Waals surface area contributed by atoms with Gasteiger partial charge in [-0.1, -0.05) is 36.3 Å². The molecule has 0 spiro atoms. The summed E-state index contributed by atoms with van der Waals surface area (Å²) in [5, 5.41) is 9.34. The largest absolute Gasteiger partial charge is 0.395 e. The zero-order valence-corrected chi connectivity index (χ0v) is 8.85. The quantitative estimate of drug-likeness (QED) is 0.729. The first-order valence-corrected chi connectivity index (χ1v) is 4.86. The van der Waals surface area contributed by atoms with Crippen molar-refractivity contribution in [3.63, 3.8) is 0 Å². The van der Waals surface area contributed by atoms with Crippen LogP contribution in [-0.4, -0.2) is 36.2 Å². The van der Waals surface area contributed by atoms with Gasteiger partial charge in [-0.15, -0.1) is 6.42 Å². The number of rotatable bonds is 5. The number of aliphatic hydroxyl groups is 1. The van der Waals surface area contributed by atoms with Crippen molar-refractivity contribution in [3.8, 4) is 12.3 Å². The van der Waals surface area contributed by atoms with Gasteiger partial charge in [0.25, 0.3) is 0 Å². The summed E-state index contributed by atoms with van der Waals surface area (Å²) in [7, 11) is 1.59. The number of hydrogen-bond acceptors (Lipinski definition) is 2. The van der Waals surface area contributed by atoms with E-state index in [1.165, 1.54) is 4.90 Å². The summed E-state index contributed by atoms with van der Waals surface area (Å²) in [5.41, 5.74) is 1.05. The Kier molecular flexibility index (Phi) is 3.73. The van der Waals surface area contributed by atoms with Crippen LogP contribution in [0.4, 0.5) is 0 Å². The minimum Gasteiger partial charge on any atom is -0.395 e. The smallest absolute Gasteiger partial charge is 0.0599 e. The molecule has 0 bridgehead atoms. The summed E-state index contributed by atoms with van der Waals surface area (Å²) in [6.07, 6.45) is 5.71. The molecule has 0 amide bonds. The molecule has 0 heterocycles. The first kappa shape index (κ1) is 8.96. The number of aliphatic hydroxyl groups excluding tert-OH is 1. The van der Waals surface area contributed by atoms with Crippen LogP contribution in [0, 0.1) is 12.3 Å². The van der Waals surface area contributed by atoms with Gasteiger partial charge in [-0.25, -0.2) is 0 Å². The lowest BCUT2D eigenvalue weighted by Crippen LogP contribution is -2.36. The van der Waals surface area contributed by atoms with E-state index >= 15 is 0 Å². The Labute approximate surface area is 94.3 Å². The third-order valence-corrected chi connectivity index (χ3v) is 2.31. The lowest BCUT2D eigenvalue weighted by atomic mass is 10.1. The van der Waals surface area contributed by atoms with Crippen LogP contribution >= 0.6 is 0 Å². The summed E-state index contributed by atoms with van der Waals surface area (Å²) < 4.78 is 15.3. The maximum absolute atomic E-state index is 9.34. The highest BCUT2D eigenvalue weighted by atomic mass is 16.3. The molecule has 0 saturated carbocycles. The topological polar surface area (TPSA) is 23.5 Å². The zero-order valence-electron chi connectivity index (χ0n) is 10.9. The fraction of sp³-hybridized carbons (Fsp3) is 0.385. The molecule has 0 aliphatic rings. The number of benzene rings is 1. The number of terminal acetylenes is 1. The lowest BCUT2D eigenvalue weighted by Gasteiger charge is -2.24. The van der Waals surface area contributed by atoms with E-state index in [-0.39, 0.29) is 12.6 Å². The van der Waals surface area contributed by atoms with E-state index in [9.17, 15) is 5.11 Å². The molecule has 1 rings (SSSR count). The summed E-state index contributed by atoms with van der Waals surface area (Å²) in [6.45, 7) is -1.98. The average Bonchev–Trinajstić information content (AvgIpc) is 2.36. The molecule has 1 aromatic rings. The fourth-order valence-electron chi connectivity index (χ4n) is 1.40. The van der Waals surface area contributed by atoms with Crippen molar-refractivity contribution < 1.29 is 7.85 Å². The molecule has 2 heteroatoms. The van der Waals surface area contributed by atoms with Crippen LogP contribution < -0.4 is 0 Å². The maximum Gasteiger partial charge on any atom is 0.0599 e. The molecule has 2 nitrogen and oxygen atoms in total. The summed E-state index contributed by atoms with van der Waals surface area (Å²) in [4.78, 5) is 1.39. The van der Waals surface area contributed by atoms with Gasteiger partial charge in [0.1, 0.15) is 0 Å². The molecule has 1 N–H and O–H groups in total. The first-order chi connectivity index (χ1) is 8.01. The van der Waals surface area contributed by atoms with Gasteiger partial charge in [0.15, 0.2) is 0 Å². The van der Waals surface area contributed by atoms with Crippen molar-refractivity contribution in [1.82, 2.24) is 4.90 Å². The second kappa shape index (κ2) is 6.23. The third-order valence-electron chi connectivity index (χ3n) is 2.31.